The summed E-state index contributed by atoms with van der Waals surface area (Å²) in [6, 6.07) is 27.7. The van der Waals surface area contributed by atoms with Crippen molar-refractivity contribution in [3.8, 4) is 5.75 Å². The smallest absolute Gasteiger partial charge is 0.336 e. The van der Waals surface area contributed by atoms with Gasteiger partial charge in [-0.25, -0.2) is 4.79 Å². The molecule has 188 valence electrons. The molecule has 2 unspecified atom stereocenters. The van der Waals surface area contributed by atoms with Crippen LogP contribution in [0.25, 0.3) is 0 Å². The van der Waals surface area contributed by atoms with Crippen LogP contribution < -0.4 is 10.1 Å². The van der Waals surface area contributed by atoms with Crippen LogP contribution in [0.2, 0.25) is 0 Å². The van der Waals surface area contributed by atoms with Gasteiger partial charge < -0.3 is 14.8 Å². The molecule has 2 aliphatic rings. The molecule has 0 amide bonds. The zero-order valence-electron chi connectivity index (χ0n) is 21.2. The quantitative estimate of drug-likeness (QED) is 0.419. The molecule has 3 aromatic rings. The minimum absolute atomic E-state index is 0.0422. The zero-order chi connectivity index (χ0) is 25.8. The van der Waals surface area contributed by atoms with Crippen LogP contribution >= 0.6 is 0 Å². The molecule has 1 aliphatic carbocycles. The number of Topliss-reactive ketones (excluding diaryl/α,β-unsaturated/α-hetero) is 1. The topological polar surface area (TPSA) is 64.6 Å². The van der Waals surface area contributed by atoms with Gasteiger partial charge in [0.15, 0.2) is 5.78 Å². The first-order chi connectivity index (χ1) is 18.1. The molecule has 0 saturated carbocycles. The normalized spacial score (nSPS) is 19.2. The van der Waals surface area contributed by atoms with E-state index in [4.69, 9.17) is 9.47 Å². The Morgan fingerprint density at radius 1 is 0.919 bits per heavy atom. The van der Waals surface area contributed by atoms with Gasteiger partial charge in [-0.1, -0.05) is 78.9 Å². The Morgan fingerprint density at radius 2 is 1.59 bits per heavy atom. The minimum Gasteiger partial charge on any atom is -0.496 e. The predicted octanol–water partition coefficient (Wildman–Crippen LogP) is 5.84. The van der Waals surface area contributed by atoms with Gasteiger partial charge in [-0.05, 0) is 36.5 Å². The summed E-state index contributed by atoms with van der Waals surface area (Å²) in [7, 11) is 1.61. The summed E-state index contributed by atoms with van der Waals surface area (Å²) in [5, 5.41) is 3.42. The summed E-state index contributed by atoms with van der Waals surface area (Å²) in [6.07, 6.45) is 1.72. The number of rotatable bonds is 7. The highest BCUT2D eigenvalue weighted by atomic mass is 16.5. The van der Waals surface area contributed by atoms with E-state index in [1.54, 1.807) is 7.11 Å². The van der Waals surface area contributed by atoms with Crippen molar-refractivity contribution in [2.75, 3.05) is 13.7 Å². The molecular formula is C32H31NO4. The van der Waals surface area contributed by atoms with E-state index in [0.717, 1.165) is 22.4 Å². The Bertz CT molecular complexity index is 1360. The fourth-order valence-corrected chi connectivity index (χ4v) is 5.47. The standard InChI is InChI=1S/C32H31NO4/c1-21-29(32(35)37-18-17-22-11-5-3-6-12-22)30(25-15-9-10-16-28(25)36-2)31-26(33-21)19-24(20-27(31)34)23-13-7-4-8-14-23/h3-16,24,30,33H,17-20H2,1-2H3. The molecule has 37 heavy (non-hydrogen) atoms. The molecule has 2 atom stereocenters. The van der Waals surface area contributed by atoms with Crippen molar-refractivity contribution < 1.29 is 19.1 Å². The monoisotopic (exact) mass is 493 g/mol. The van der Waals surface area contributed by atoms with Crippen LogP contribution in [0.5, 0.6) is 5.75 Å². The van der Waals surface area contributed by atoms with Crippen LogP contribution in [-0.4, -0.2) is 25.5 Å². The second-order valence-corrected chi connectivity index (χ2v) is 9.54. The third-order valence-corrected chi connectivity index (χ3v) is 7.24. The fourth-order valence-electron chi connectivity index (χ4n) is 5.47. The molecule has 0 radical (unpaired) electrons. The average molecular weight is 494 g/mol. The zero-order valence-corrected chi connectivity index (χ0v) is 21.2. The molecule has 0 fully saturated rings. The second-order valence-electron chi connectivity index (χ2n) is 9.54. The molecule has 0 bridgehead atoms. The van der Waals surface area contributed by atoms with Gasteiger partial charge in [-0.3, -0.25) is 4.79 Å². The Hall–Kier alpha value is -4.12. The number of carbonyl (C=O) groups excluding carboxylic acids is 2. The van der Waals surface area contributed by atoms with Crippen LogP contribution in [0.4, 0.5) is 0 Å². The lowest BCUT2D eigenvalue weighted by atomic mass is 9.71. The van der Waals surface area contributed by atoms with E-state index < -0.39 is 11.9 Å². The van der Waals surface area contributed by atoms with Crippen molar-refractivity contribution in [2.45, 2.75) is 38.0 Å². The summed E-state index contributed by atoms with van der Waals surface area (Å²) in [4.78, 5) is 27.3. The minimum atomic E-state index is -0.555. The van der Waals surface area contributed by atoms with E-state index in [9.17, 15) is 9.59 Å². The predicted molar refractivity (Wildman–Crippen MR) is 143 cm³/mol. The number of ketones is 1. The van der Waals surface area contributed by atoms with Gasteiger partial charge in [0, 0.05) is 35.4 Å². The van der Waals surface area contributed by atoms with Crippen LogP contribution in [0.3, 0.4) is 0 Å². The maximum atomic E-state index is 13.8. The molecule has 1 aliphatic heterocycles. The highest BCUT2D eigenvalue weighted by molar-refractivity contribution is 6.04. The fraction of sp³-hybridized carbons (Fsp3) is 0.250. The van der Waals surface area contributed by atoms with Gasteiger partial charge in [0.25, 0.3) is 0 Å². The molecule has 3 aromatic carbocycles. The number of para-hydroxylation sites is 1. The van der Waals surface area contributed by atoms with Crippen molar-refractivity contribution in [1.29, 1.82) is 0 Å². The van der Waals surface area contributed by atoms with Crippen LogP contribution in [0.15, 0.2) is 107 Å². The Morgan fingerprint density at radius 3 is 2.32 bits per heavy atom. The van der Waals surface area contributed by atoms with E-state index in [0.29, 0.717) is 41.9 Å². The second kappa shape index (κ2) is 10.9. The van der Waals surface area contributed by atoms with Gasteiger partial charge in [0.2, 0.25) is 0 Å². The third-order valence-electron chi connectivity index (χ3n) is 7.24. The Kier molecular flexibility index (Phi) is 7.22. The van der Waals surface area contributed by atoms with Crippen LogP contribution in [0, 0.1) is 0 Å². The Balaban J connectivity index is 1.49. The molecule has 5 nitrogen and oxygen atoms in total. The number of hydrogen-bond acceptors (Lipinski definition) is 5. The summed E-state index contributed by atoms with van der Waals surface area (Å²) < 4.78 is 11.5. The number of carbonyl (C=O) groups is 2. The molecule has 0 saturated heterocycles. The number of esters is 1. The van der Waals surface area contributed by atoms with Crippen molar-refractivity contribution in [3.05, 3.63) is 124 Å². The summed E-state index contributed by atoms with van der Waals surface area (Å²) >= 11 is 0. The summed E-state index contributed by atoms with van der Waals surface area (Å²) in [6.45, 7) is 2.14. The first kappa shape index (κ1) is 24.6. The van der Waals surface area contributed by atoms with E-state index in [1.165, 1.54) is 0 Å². The largest absolute Gasteiger partial charge is 0.496 e. The number of dihydropyridines is 1. The SMILES string of the molecule is COc1ccccc1C1C(C(=O)OCCc2ccccc2)=C(C)NC2=C1C(=O)CC(c1ccccc1)C2. The lowest BCUT2D eigenvalue weighted by Gasteiger charge is -2.37. The number of benzene rings is 3. The Labute approximate surface area is 217 Å². The van der Waals surface area contributed by atoms with Gasteiger partial charge in [0.1, 0.15) is 5.75 Å². The average Bonchev–Trinajstić information content (AvgIpc) is 2.93. The maximum Gasteiger partial charge on any atom is 0.336 e. The van der Waals surface area contributed by atoms with E-state index in [1.807, 2.05) is 79.7 Å². The van der Waals surface area contributed by atoms with Crippen molar-refractivity contribution in [3.63, 3.8) is 0 Å². The molecule has 0 aromatic heterocycles. The third kappa shape index (κ3) is 5.08. The molecule has 1 N–H and O–H groups in total. The lowest BCUT2D eigenvalue weighted by Crippen LogP contribution is -2.36. The molecular weight excluding hydrogens is 462 g/mol. The highest BCUT2D eigenvalue weighted by Crippen LogP contribution is 2.47. The van der Waals surface area contributed by atoms with Gasteiger partial charge in [-0.2, -0.15) is 0 Å². The van der Waals surface area contributed by atoms with Gasteiger partial charge in [-0.15, -0.1) is 0 Å². The lowest BCUT2D eigenvalue weighted by molar-refractivity contribution is -0.139. The molecule has 1 heterocycles. The first-order valence-corrected chi connectivity index (χ1v) is 12.7. The molecule has 5 rings (SSSR count). The number of allylic oxidation sites excluding steroid dienone is 3. The van der Waals surface area contributed by atoms with Gasteiger partial charge in [0.05, 0.1) is 25.2 Å². The summed E-state index contributed by atoms with van der Waals surface area (Å²) in [5.74, 6) is -0.199. The first-order valence-electron chi connectivity index (χ1n) is 12.7. The highest BCUT2D eigenvalue weighted by Gasteiger charge is 2.42. The number of ether oxygens (including phenoxy) is 2. The van der Waals surface area contributed by atoms with Crippen LogP contribution in [0.1, 0.15) is 48.3 Å². The van der Waals surface area contributed by atoms with E-state index >= 15 is 0 Å². The molecule has 0 spiro atoms. The van der Waals surface area contributed by atoms with Crippen molar-refractivity contribution >= 4 is 11.8 Å². The molecule has 5 heteroatoms. The maximum absolute atomic E-state index is 13.8. The van der Waals surface area contributed by atoms with Crippen molar-refractivity contribution in [2.24, 2.45) is 0 Å². The number of methoxy groups -OCH3 is 1. The van der Waals surface area contributed by atoms with Crippen LogP contribution in [-0.2, 0) is 20.7 Å². The number of nitrogens with one attached hydrogen (secondary N) is 1. The van der Waals surface area contributed by atoms with Gasteiger partial charge >= 0.3 is 5.97 Å². The van der Waals surface area contributed by atoms with E-state index in [-0.39, 0.29) is 18.3 Å². The van der Waals surface area contributed by atoms with E-state index in [2.05, 4.69) is 17.4 Å². The summed E-state index contributed by atoms with van der Waals surface area (Å²) in [5.41, 5.74) is 5.72. The number of hydrogen-bond donors (Lipinski definition) is 1. The van der Waals surface area contributed by atoms with Crippen molar-refractivity contribution in [1.82, 2.24) is 5.32 Å².